The van der Waals surface area contributed by atoms with Crippen LogP contribution < -0.4 is 10.7 Å². The number of fused-ring (bicyclic) bond motifs is 1. The van der Waals surface area contributed by atoms with E-state index in [9.17, 15) is 9.59 Å². The average molecular weight is 472 g/mol. The first-order valence-corrected chi connectivity index (χ1v) is 10.7. The Kier molecular flexibility index (Phi) is 6.05. The van der Waals surface area contributed by atoms with Gasteiger partial charge in [-0.05, 0) is 55.0 Å². The Hall–Kier alpha value is -2.79. The van der Waals surface area contributed by atoms with Gasteiger partial charge < -0.3 is 9.88 Å². The van der Waals surface area contributed by atoms with E-state index in [2.05, 4.69) is 5.32 Å². The van der Waals surface area contributed by atoms with Crippen molar-refractivity contribution in [3.05, 3.63) is 97.6 Å². The molecule has 0 bridgehead atoms. The normalized spacial score (nSPS) is 11.0. The highest BCUT2D eigenvalue weighted by atomic mass is 35.5. The molecular weight excluding hydrogens is 455 g/mol. The van der Waals surface area contributed by atoms with Gasteiger partial charge in [-0.25, -0.2) is 0 Å². The van der Waals surface area contributed by atoms with Gasteiger partial charge in [-0.15, -0.1) is 0 Å². The molecule has 31 heavy (non-hydrogen) atoms. The number of halogens is 3. The van der Waals surface area contributed by atoms with E-state index in [-0.39, 0.29) is 16.0 Å². The van der Waals surface area contributed by atoms with Crippen LogP contribution in [0, 0.1) is 0 Å². The number of carbonyl (C=O) groups excluding carboxylic acids is 1. The lowest BCUT2D eigenvalue weighted by Crippen LogP contribution is -2.22. The number of para-hydroxylation sites is 1. The molecule has 7 heteroatoms. The van der Waals surface area contributed by atoms with Crippen molar-refractivity contribution in [2.75, 3.05) is 5.32 Å². The van der Waals surface area contributed by atoms with Crippen molar-refractivity contribution >= 4 is 57.4 Å². The summed E-state index contributed by atoms with van der Waals surface area (Å²) in [6.07, 6.45) is 0. The first kappa shape index (κ1) is 21.4. The van der Waals surface area contributed by atoms with Crippen molar-refractivity contribution in [2.24, 2.45) is 0 Å². The Morgan fingerprint density at radius 2 is 1.61 bits per heavy atom. The Morgan fingerprint density at radius 3 is 2.29 bits per heavy atom. The van der Waals surface area contributed by atoms with Crippen molar-refractivity contribution in [2.45, 2.75) is 13.5 Å². The molecule has 0 saturated carbocycles. The summed E-state index contributed by atoms with van der Waals surface area (Å²) in [5.74, 6) is -0.0432. The van der Waals surface area contributed by atoms with Gasteiger partial charge in [0.15, 0.2) is 5.43 Å². The van der Waals surface area contributed by atoms with E-state index in [4.69, 9.17) is 34.8 Å². The van der Waals surface area contributed by atoms with Crippen LogP contribution in [0.5, 0.6) is 0 Å². The molecule has 4 aromatic rings. The number of nitrogens with one attached hydrogen (secondary N) is 1. The van der Waals surface area contributed by atoms with Crippen LogP contribution in [0.4, 0.5) is 5.82 Å². The van der Waals surface area contributed by atoms with Gasteiger partial charge in [0.05, 0.1) is 21.7 Å². The Bertz CT molecular complexity index is 1360. The lowest BCUT2D eigenvalue weighted by molar-refractivity contribution is 0.102. The highest BCUT2D eigenvalue weighted by molar-refractivity contribution is 6.37. The molecule has 1 heterocycles. The van der Waals surface area contributed by atoms with Crippen LogP contribution in [0.25, 0.3) is 22.0 Å². The number of pyridine rings is 1. The smallest absolute Gasteiger partial charge is 0.258 e. The number of aryl methyl sites for hydroxylation is 1. The Labute approximate surface area is 194 Å². The number of carbonyl (C=O) groups is 1. The van der Waals surface area contributed by atoms with Gasteiger partial charge in [-0.1, -0.05) is 59.1 Å². The van der Waals surface area contributed by atoms with Gasteiger partial charge in [0.2, 0.25) is 0 Å². The van der Waals surface area contributed by atoms with Crippen LogP contribution in [-0.4, -0.2) is 10.5 Å². The third-order valence-corrected chi connectivity index (χ3v) is 5.83. The van der Waals surface area contributed by atoms with Crippen molar-refractivity contribution in [3.8, 4) is 11.1 Å². The minimum absolute atomic E-state index is 0.180. The third kappa shape index (κ3) is 4.07. The maximum atomic E-state index is 13.5. The van der Waals surface area contributed by atoms with Crippen molar-refractivity contribution in [1.29, 1.82) is 0 Å². The fraction of sp³-hybridized carbons (Fsp3) is 0.0833. The minimum Gasteiger partial charge on any atom is -0.327 e. The van der Waals surface area contributed by atoms with Crippen LogP contribution in [-0.2, 0) is 6.54 Å². The third-order valence-electron chi connectivity index (χ3n) is 5.03. The van der Waals surface area contributed by atoms with Gasteiger partial charge >= 0.3 is 0 Å². The predicted octanol–water partition coefficient (Wildman–Crippen LogP) is 6.90. The number of rotatable bonds is 4. The van der Waals surface area contributed by atoms with Gasteiger partial charge in [-0.3, -0.25) is 9.59 Å². The summed E-state index contributed by atoms with van der Waals surface area (Å²) in [4.78, 5) is 26.6. The van der Waals surface area contributed by atoms with Crippen LogP contribution in [0.3, 0.4) is 0 Å². The molecule has 1 amide bonds. The molecule has 0 aliphatic heterocycles. The Morgan fingerprint density at radius 1 is 0.935 bits per heavy atom. The molecule has 1 aromatic heterocycles. The summed E-state index contributed by atoms with van der Waals surface area (Å²) >= 11 is 18.2. The molecule has 4 nitrogen and oxygen atoms in total. The molecule has 0 unspecified atom stereocenters. The van der Waals surface area contributed by atoms with Crippen molar-refractivity contribution in [3.63, 3.8) is 0 Å². The quantitative estimate of drug-likeness (QED) is 0.352. The number of anilines is 1. The second-order valence-corrected chi connectivity index (χ2v) is 8.18. The van der Waals surface area contributed by atoms with E-state index in [1.807, 2.05) is 29.7 Å². The highest BCUT2D eigenvalue weighted by Crippen LogP contribution is 2.31. The number of hydrogen-bond acceptors (Lipinski definition) is 2. The van der Waals surface area contributed by atoms with E-state index < -0.39 is 5.91 Å². The zero-order chi connectivity index (χ0) is 22.1. The maximum absolute atomic E-state index is 13.5. The summed E-state index contributed by atoms with van der Waals surface area (Å²) in [5, 5.41) is 4.69. The summed E-state index contributed by atoms with van der Waals surface area (Å²) in [6.45, 7) is 2.48. The fourth-order valence-corrected chi connectivity index (χ4v) is 4.21. The monoisotopic (exact) mass is 470 g/mol. The summed E-state index contributed by atoms with van der Waals surface area (Å²) in [7, 11) is 0. The van der Waals surface area contributed by atoms with Gasteiger partial charge in [0, 0.05) is 22.0 Å². The number of benzene rings is 3. The van der Waals surface area contributed by atoms with E-state index in [0.717, 1.165) is 5.52 Å². The van der Waals surface area contributed by atoms with E-state index >= 15 is 0 Å². The molecule has 4 rings (SSSR count). The number of amides is 1. The number of nitrogens with zero attached hydrogens (tertiary/aromatic N) is 1. The molecule has 0 saturated heterocycles. The lowest BCUT2D eigenvalue weighted by Gasteiger charge is -2.20. The molecule has 3 aromatic carbocycles. The largest absolute Gasteiger partial charge is 0.327 e. The molecule has 0 fully saturated rings. The zero-order valence-electron chi connectivity index (χ0n) is 16.5. The molecule has 0 radical (unpaired) electrons. The standard InChI is InChI=1S/C24H17Cl3N2O2/c1-2-29-20-6-4-3-5-18(20)22(30)21(14-7-9-15(25)10-8-14)23(29)28-24(31)17-12-11-16(26)13-19(17)27/h3-13H,2H2,1H3,(H,28,31). The highest BCUT2D eigenvalue weighted by Gasteiger charge is 2.21. The summed E-state index contributed by atoms with van der Waals surface area (Å²) in [6, 6.07) is 18.9. The zero-order valence-corrected chi connectivity index (χ0v) is 18.7. The topological polar surface area (TPSA) is 51.1 Å². The number of aromatic nitrogens is 1. The van der Waals surface area contributed by atoms with E-state index in [1.54, 1.807) is 42.5 Å². The second-order valence-electron chi connectivity index (χ2n) is 6.90. The predicted molar refractivity (Wildman–Crippen MR) is 129 cm³/mol. The molecular formula is C24H17Cl3N2O2. The van der Waals surface area contributed by atoms with Crippen LogP contribution >= 0.6 is 34.8 Å². The van der Waals surface area contributed by atoms with Crippen LogP contribution in [0.2, 0.25) is 15.1 Å². The average Bonchev–Trinajstić information content (AvgIpc) is 2.75. The SMILES string of the molecule is CCn1c(NC(=O)c2ccc(Cl)cc2Cl)c(-c2ccc(Cl)cc2)c(=O)c2ccccc21. The molecule has 0 aliphatic rings. The van der Waals surface area contributed by atoms with Gasteiger partial charge in [-0.2, -0.15) is 0 Å². The van der Waals surface area contributed by atoms with Gasteiger partial charge in [0.1, 0.15) is 5.82 Å². The minimum atomic E-state index is -0.436. The van der Waals surface area contributed by atoms with E-state index in [1.165, 1.54) is 6.07 Å². The molecule has 1 N–H and O–H groups in total. The molecule has 156 valence electrons. The summed E-state index contributed by atoms with van der Waals surface area (Å²) in [5.41, 5.74) is 1.84. The molecule has 0 spiro atoms. The first-order chi connectivity index (χ1) is 14.9. The lowest BCUT2D eigenvalue weighted by atomic mass is 10.0. The van der Waals surface area contributed by atoms with Gasteiger partial charge in [0.25, 0.3) is 5.91 Å². The van der Waals surface area contributed by atoms with Crippen molar-refractivity contribution < 1.29 is 4.79 Å². The van der Waals surface area contributed by atoms with Crippen molar-refractivity contribution in [1.82, 2.24) is 4.57 Å². The second kappa shape index (κ2) is 8.75. The molecule has 0 atom stereocenters. The first-order valence-electron chi connectivity index (χ1n) is 9.58. The Balaban J connectivity index is 1.98. The van der Waals surface area contributed by atoms with Crippen LogP contribution in [0.15, 0.2) is 71.5 Å². The number of hydrogen-bond donors (Lipinski definition) is 1. The fourth-order valence-electron chi connectivity index (χ4n) is 3.59. The molecule has 0 aliphatic carbocycles. The van der Waals surface area contributed by atoms with Crippen LogP contribution in [0.1, 0.15) is 17.3 Å². The summed E-state index contributed by atoms with van der Waals surface area (Å²) < 4.78 is 1.91. The maximum Gasteiger partial charge on any atom is 0.258 e. The van der Waals surface area contributed by atoms with E-state index in [0.29, 0.717) is 38.9 Å².